The summed E-state index contributed by atoms with van der Waals surface area (Å²) in [5.41, 5.74) is 2.18. The first-order chi connectivity index (χ1) is 34.1. The molecule has 71 heavy (non-hydrogen) atoms. The van der Waals surface area contributed by atoms with Gasteiger partial charge in [-0.25, -0.2) is 0 Å². The van der Waals surface area contributed by atoms with Crippen molar-refractivity contribution in [1.29, 1.82) is 0 Å². The Labute approximate surface area is 416 Å². The van der Waals surface area contributed by atoms with E-state index >= 15 is 0 Å². The molecule has 2 aliphatic heterocycles. The van der Waals surface area contributed by atoms with Gasteiger partial charge in [0, 0.05) is 24.6 Å². The maximum Gasteiger partial charge on any atom is 0.311 e. The topological polar surface area (TPSA) is 232 Å². The third-order valence-corrected chi connectivity index (χ3v) is 12.8. The zero-order chi connectivity index (χ0) is 50.8. The molecule has 0 aliphatic carbocycles. The number of aryl methyl sites for hydroxylation is 1. The van der Waals surface area contributed by atoms with Gasteiger partial charge in [0.15, 0.2) is 23.8 Å². The molecule has 0 bridgehead atoms. The predicted octanol–water partition coefficient (Wildman–Crippen LogP) is 4.46. The van der Waals surface area contributed by atoms with E-state index in [2.05, 4.69) is 43.6 Å². The number of H-pyrrole nitrogens is 1. The number of Topliss-reactive ketones (excluding diaryl/α,β-unsaturated/α-hetero) is 1. The molecule has 1 aromatic heterocycles. The third kappa shape index (κ3) is 16.8. The molecule has 6 rings (SSSR count). The fourth-order valence-electron chi connectivity index (χ4n) is 8.64. The SMILES string of the molecule is CCCCCC(=O)Oc1ccc(C[N+]2(CC(=O)N[C@@H](CCc3ccccc3)C(=O)N[C@@H](CC(C)C)C(=O)N[C@@H](Cc3ccccc3)C(=O)N[C@@H](C)C(=O)[C@@]3(C)CO3)CCOCC2)cc1OCc1c[nH]nn1. The molecule has 0 spiro atoms. The first-order valence-corrected chi connectivity index (χ1v) is 24.9. The number of hydrogen-bond donors (Lipinski definition) is 5. The Bertz CT molecular complexity index is 2370. The zero-order valence-electron chi connectivity index (χ0n) is 41.7. The van der Waals surface area contributed by atoms with Gasteiger partial charge in [-0.05, 0) is 74.8 Å². The average Bonchev–Trinajstić information content (AvgIpc) is 3.88. The number of ketones is 1. The molecule has 0 unspecified atom stereocenters. The van der Waals surface area contributed by atoms with Crippen LogP contribution in [0.5, 0.6) is 11.5 Å². The van der Waals surface area contributed by atoms with Gasteiger partial charge in [-0.15, -0.1) is 5.10 Å². The van der Waals surface area contributed by atoms with E-state index in [9.17, 15) is 28.8 Å². The second-order valence-electron chi connectivity index (χ2n) is 19.4. The van der Waals surface area contributed by atoms with Crippen LogP contribution >= 0.6 is 0 Å². The van der Waals surface area contributed by atoms with Crippen LogP contribution in [0, 0.1) is 5.92 Å². The number of ether oxygens (including phenoxy) is 4. The van der Waals surface area contributed by atoms with E-state index in [0.717, 1.165) is 29.5 Å². The lowest BCUT2D eigenvalue weighted by molar-refractivity contribution is -0.940. The van der Waals surface area contributed by atoms with Crippen molar-refractivity contribution in [3.8, 4) is 11.5 Å². The highest BCUT2D eigenvalue weighted by Gasteiger charge is 2.49. The van der Waals surface area contributed by atoms with Gasteiger partial charge in [0.1, 0.15) is 55.7 Å². The smallest absolute Gasteiger partial charge is 0.311 e. The Kier molecular flexibility index (Phi) is 19.8. The molecular formula is C53H71N8O10+. The van der Waals surface area contributed by atoms with Crippen molar-refractivity contribution in [3.63, 3.8) is 0 Å². The van der Waals surface area contributed by atoms with E-state index in [0.29, 0.717) is 61.6 Å². The summed E-state index contributed by atoms with van der Waals surface area (Å²) in [5.74, 6) is -2.09. The summed E-state index contributed by atoms with van der Waals surface area (Å²) in [7, 11) is 0. The second kappa shape index (κ2) is 26.1. The van der Waals surface area contributed by atoms with Crippen LogP contribution in [0.25, 0.3) is 0 Å². The third-order valence-electron chi connectivity index (χ3n) is 12.8. The molecule has 2 aliphatic rings. The number of rotatable bonds is 28. The minimum atomic E-state index is -1.08. The second-order valence-corrected chi connectivity index (χ2v) is 19.4. The van der Waals surface area contributed by atoms with Gasteiger partial charge in [0.25, 0.3) is 5.91 Å². The molecule has 382 valence electrons. The predicted molar refractivity (Wildman–Crippen MR) is 263 cm³/mol. The summed E-state index contributed by atoms with van der Waals surface area (Å²) in [6, 6.07) is 20.2. The van der Waals surface area contributed by atoms with Crippen molar-refractivity contribution < 1.29 is 52.2 Å². The van der Waals surface area contributed by atoms with E-state index in [1.165, 1.54) is 0 Å². The fraction of sp³-hybridized carbons (Fsp3) is 0.509. The van der Waals surface area contributed by atoms with E-state index in [1.807, 2.05) is 86.6 Å². The van der Waals surface area contributed by atoms with Crippen LogP contribution in [-0.2, 0) is 64.2 Å². The van der Waals surface area contributed by atoms with Crippen molar-refractivity contribution >= 4 is 35.4 Å². The number of amides is 4. The number of esters is 1. The number of nitrogens with one attached hydrogen (secondary N) is 5. The minimum absolute atomic E-state index is 0.0140. The monoisotopic (exact) mass is 980 g/mol. The Morgan fingerprint density at radius 1 is 0.789 bits per heavy atom. The van der Waals surface area contributed by atoms with Crippen LogP contribution in [0.1, 0.15) is 95.5 Å². The summed E-state index contributed by atoms with van der Waals surface area (Å²) < 4.78 is 23.3. The van der Waals surface area contributed by atoms with E-state index in [4.69, 9.17) is 18.9 Å². The number of aromatic amines is 1. The highest BCUT2D eigenvalue weighted by atomic mass is 16.6. The normalized spacial score (nSPS) is 17.7. The van der Waals surface area contributed by atoms with Crippen molar-refractivity contribution in [1.82, 2.24) is 36.7 Å². The lowest BCUT2D eigenvalue weighted by atomic mass is 9.99. The molecule has 5 N–H and O–H groups in total. The fourth-order valence-corrected chi connectivity index (χ4v) is 8.64. The summed E-state index contributed by atoms with van der Waals surface area (Å²) in [6.07, 6.45) is 5.55. The molecule has 0 radical (unpaired) electrons. The Balaban J connectivity index is 1.19. The standard InChI is InChI=1S/C53H70N8O10/c1-6-7-10-19-48(63)71-45-23-21-40(30-46(45)69-34-41-31-54-60-59-41)32-61(24-26-68-27-25-61)33-47(62)56-42(22-20-38-15-11-8-12-16-38)50(65)57-43(28-36(2)3)52(67)58-44(29-39-17-13-9-14-18-39)51(66)55-37(4)49(64)53(5)35-70-53/h8-9,11-18,21,23,30-31,36-37,42-44H,6-7,10,19-20,22,24-29,32-35H2,1-5H3,(H4-,54,55,56,57,58,59,60,62,65,66,67)/p+1/t37-,42-,43-,44-,53+/m0/s1. The van der Waals surface area contributed by atoms with Gasteiger partial charge in [0.2, 0.25) is 17.7 Å². The highest BCUT2D eigenvalue weighted by molar-refractivity contribution is 5.98. The minimum Gasteiger partial charge on any atom is -0.483 e. The molecular weight excluding hydrogens is 909 g/mol. The van der Waals surface area contributed by atoms with E-state index in [-0.39, 0.29) is 74.8 Å². The van der Waals surface area contributed by atoms with Crippen LogP contribution in [-0.4, -0.2) is 124 Å². The maximum atomic E-state index is 14.5. The number of unbranched alkanes of at least 4 members (excludes halogenated alkanes) is 2. The van der Waals surface area contributed by atoms with Crippen LogP contribution in [0.15, 0.2) is 85.1 Å². The summed E-state index contributed by atoms with van der Waals surface area (Å²) in [6.45, 7) is 11.8. The maximum absolute atomic E-state index is 14.5. The van der Waals surface area contributed by atoms with E-state index in [1.54, 1.807) is 26.1 Å². The van der Waals surface area contributed by atoms with Crippen molar-refractivity contribution in [2.24, 2.45) is 5.92 Å². The highest BCUT2D eigenvalue weighted by Crippen LogP contribution is 2.32. The molecule has 18 nitrogen and oxygen atoms in total. The van der Waals surface area contributed by atoms with Crippen LogP contribution in [0.4, 0.5) is 0 Å². The van der Waals surface area contributed by atoms with E-state index < -0.39 is 47.5 Å². The first-order valence-electron chi connectivity index (χ1n) is 24.9. The first kappa shape index (κ1) is 53.8. The summed E-state index contributed by atoms with van der Waals surface area (Å²) in [5, 5.41) is 22.1. The van der Waals surface area contributed by atoms with Gasteiger partial charge in [-0.2, -0.15) is 0 Å². The number of epoxide rings is 1. The number of carbonyl (C=O) groups excluding carboxylic acids is 6. The van der Waals surface area contributed by atoms with Crippen LogP contribution < -0.4 is 30.7 Å². The quantitative estimate of drug-likeness (QED) is 0.0175. The molecule has 0 saturated carbocycles. The summed E-state index contributed by atoms with van der Waals surface area (Å²) in [4.78, 5) is 83.0. The number of carbonyl (C=O) groups is 6. The lowest BCUT2D eigenvalue weighted by Gasteiger charge is -2.41. The number of aromatic nitrogens is 3. The molecule has 2 saturated heterocycles. The van der Waals surface area contributed by atoms with Crippen molar-refractivity contribution in [3.05, 3.63) is 107 Å². The Morgan fingerprint density at radius 2 is 1.45 bits per heavy atom. The number of nitrogens with zero attached hydrogens (tertiary/aromatic N) is 3. The Morgan fingerprint density at radius 3 is 2.10 bits per heavy atom. The number of hydrogen-bond acceptors (Lipinski definition) is 12. The van der Waals surface area contributed by atoms with Crippen molar-refractivity contribution in [2.75, 3.05) is 39.5 Å². The zero-order valence-corrected chi connectivity index (χ0v) is 41.7. The van der Waals surface area contributed by atoms with Gasteiger partial charge in [-0.3, -0.25) is 33.9 Å². The number of morpholine rings is 1. The Hall–Kier alpha value is -6.50. The van der Waals surface area contributed by atoms with Gasteiger partial charge >= 0.3 is 5.97 Å². The van der Waals surface area contributed by atoms with Crippen molar-refractivity contribution in [2.45, 2.75) is 129 Å². The largest absolute Gasteiger partial charge is 0.483 e. The molecule has 4 amide bonds. The lowest BCUT2D eigenvalue weighted by Crippen LogP contribution is -2.61. The molecule has 5 atom stereocenters. The van der Waals surface area contributed by atoms with Gasteiger partial charge < -0.3 is 44.7 Å². The number of quaternary nitrogens is 1. The summed E-state index contributed by atoms with van der Waals surface area (Å²) >= 11 is 0. The average molecular weight is 980 g/mol. The van der Waals surface area contributed by atoms with Gasteiger partial charge in [-0.1, -0.05) is 99.5 Å². The van der Waals surface area contributed by atoms with Gasteiger partial charge in [0.05, 0.1) is 25.9 Å². The molecule has 3 heterocycles. The molecule has 4 aromatic rings. The van der Waals surface area contributed by atoms with Crippen LogP contribution in [0.2, 0.25) is 0 Å². The molecule has 2 fully saturated rings. The number of benzene rings is 3. The van der Waals surface area contributed by atoms with Crippen LogP contribution in [0.3, 0.4) is 0 Å². The molecule has 18 heteroatoms. The molecule has 3 aromatic carbocycles.